The summed E-state index contributed by atoms with van der Waals surface area (Å²) in [6.07, 6.45) is 2.01. The molecule has 0 aromatic heterocycles. The van der Waals surface area contributed by atoms with Gasteiger partial charge in [0.25, 0.3) is 0 Å². The molecule has 1 aromatic rings. The average molecular weight is 249 g/mol. The Morgan fingerprint density at radius 2 is 2.11 bits per heavy atom. The number of hydrogen-bond donors (Lipinski definition) is 1. The molecule has 1 aromatic carbocycles. The molecule has 18 heavy (non-hydrogen) atoms. The van der Waals surface area contributed by atoms with Crippen molar-refractivity contribution in [1.29, 1.82) is 0 Å². The predicted molar refractivity (Wildman–Crippen MR) is 69.1 cm³/mol. The number of carboxylic acid groups (broad SMARTS) is 1. The Balaban J connectivity index is 2.59. The van der Waals surface area contributed by atoms with Crippen molar-refractivity contribution in [3.05, 3.63) is 35.7 Å². The Morgan fingerprint density at radius 1 is 1.44 bits per heavy atom. The summed E-state index contributed by atoms with van der Waals surface area (Å²) < 4.78 is 13.4. The lowest BCUT2D eigenvalue weighted by molar-refractivity contribution is -0.135. The second-order valence-electron chi connectivity index (χ2n) is 5.12. The summed E-state index contributed by atoms with van der Waals surface area (Å²) in [6, 6.07) is 4.49. The summed E-state index contributed by atoms with van der Waals surface area (Å²) >= 11 is 0. The predicted octanol–water partition coefficient (Wildman–Crippen LogP) is 2.91. The zero-order valence-electron chi connectivity index (χ0n) is 10.7. The number of hydrogen-bond acceptors (Lipinski definition) is 2. The second-order valence-corrected chi connectivity index (χ2v) is 5.12. The molecule has 0 spiro atoms. The molecular formula is C14H16FNO2. The maximum atomic E-state index is 13.4. The van der Waals surface area contributed by atoms with Crippen molar-refractivity contribution >= 4 is 17.2 Å². The van der Waals surface area contributed by atoms with Crippen LogP contribution in [0.25, 0.3) is 5.57 Å². The summed E-state index contributed by atoms with van der Waals surface area (Å²) in [5.74, 6) is -1.28. The molecule has 0 unspecified atom stereocenters. The van der Waals surface area contributed by atoms with E-state index in [9.17, 15) is 9.18 Å². The van der Waals surface area contributed by atoms with Gasteiger partial charge < -0.3 is 10.0 Å². The molecule has 0 amide bonds. The van der Waals surface area contributed by atoms with Gasteiger partial charge >= 0.3 is 5.97 Å². The van der Waals surface area contributed by atoms with E-state index in [1.54, 1.807) is 11.0 Å². The zero-order valence-corrected chi connectivity index (χ0v) is 10.7. The Hall–Kier alpha value is -1.84. The highest BCUT2D eigenvalue weighted by atomic mass is 19.1. The van der Waals surface area contributed by atoms with Crippen LogP contribution in [0.5, 0.6) is 0 Å². The molecule has 0 bridgehead atoms. The number of rotatable bonds is 2. The van der Waals surface area contributed by atoms with Gasteiger partial charge in [-0.3, -0.25) is 4.79 Å². The summed E-state index contributed by atoms with van der Waals surface area (Å²) in [7, 11) is 0. The van der Waals surface area contributed by atoms with E-state index in [4.69, 9.17) is 5.11 Å². The van der Waals surface area contributed by atoms with Crippen LogP contribution in [0.15, 0.2) is 24.3 Å². The third-order valence-electron chi connectivity index (χ3n) is 3.23. The van der Waals surface area contributed by atoms with Gasteiger partial charge in [0.05, 0.1) is 5.54 Å². The number of fused-ring (bicyclic) bond motifs is 1. The number of anilines is 1. The van der Waals surface area contributed by atoms with Crippen LogP contribution in [-0.4, -0.2) is 23.2 Å². The van der Waals surface area contributed by atoms with Crippen LogP contribution in [-0.2, 0) is 4.79 Å². The molecule has 3 nitrogen and oxygen atoms in total. The topological polar surface area (TPSA) is 40.5 Å². The average Bonchev–Trinajstić information content (AvgIpc) is 2.23. The molecule has 0 fully saturated rings. The van der Waals surface area contributed by atoms with Gasteiger partial charge in [-0.1, -0.05) is 6.08 Å². The number of carbonyl (C=O) groups is 1. The molecule has 4 heteroatoms. The monoisotopic (exact) mass is 249 g/mol. The van der Waals surface area contributed by atoms with Gasteiger partial charge in [-0.2, -0.15) is 0 Å². The maximum absolute atomic E-state index is 13.4. The molecule has 1 aliphatic rings. The fourth-order valence-corrected chi connectivity index (χ4v) is 2.48. The summed E-state index contributed by atoms with van der Waals surface area (Å²) in [5, 5.41) is 9.00. The van der Waals surface area contributed by atoms with Crippen LogP contribution in [0, 0.1) is 5.82 Å². The van der Waals surface area contributed by atoms with Crippen molar-refractivity contribution in [2.24, 2.45) is 0 Å². The molecule has 96 valence electrons. The van der Waals surface area contributed by atoms with E-state index in [1.807, 2.05) is 26.8 Å². The Morgan fingerprint density at radius 3 is 2.72 bits per heavy atom. The summed E-state index contributed by atoms with van der Waals surface area (Å²) in [5.41, 5.74) is 2.12. The lowest BCUT2D eigenvalue weighted by Crippen LogP contribution is -2.47. The highest BCUT2D eigenvalue weighted by molar-refractivity contribution is 5.84. The van der Waals surface area contributed by atoms with Crippen molar-refractivity contribution in [2.45, 2.75) is 26.3 Å². The van der Waals surface area contributed by atoms with E-state index in [-0.39, 0.29) is 12.4 Å². The highest BCUT2D eigenvalue weighted by Crippen LogP contribution is 2.38. The van der Waals surface area contributed by atoms with Gasteiger partial charge in [0.2, 0.25) is 0 Å². The van der Waals surface area contributed by atoms with Gasteiger partial charge in [-0.15, -0.1) is 0 Å². The molecule has 2 rings (SSSR count). The fraction of sp³-hybridized carbons (Fsp3) is 0.357. The van der Waals surface area contributed by atoms with Gasteiger partial charge in [0.1, 0.15) is 12.4 Å². The zero-order chi connectivity index (χ0) is 13.5. The number of aliphatic carboxylic acids is 1. The molecule has 0 atom stereocenters. The molecule has 0 saturated heterocycles. The Bertz CT molecular complexity index is 535. The van der Waals surface area contributed by atoms with E-state index in [1.165, 1.54) is 12.1 Å². The third-order valence-corrected chi connectivity index (χ3v) is 3.23. The first-order chi connectivity index (χ1) is 8.31. The van der Waals surface area contributed by atoms with Crippen molar-refractivity contribution in [3.63, 3.8) is 0 Å². The molecule has 0 saturated carbocycles. The minimum Gasteiger partial charge on any atom is -0.480 e. The lowest BCUT2D eigenvalue weighted by atomic mass is 9.89. The number of benzene rings is 1. The maximum Gasteiger partial charge on any atom is 0.323 e. The quantitative estimate of drug-likeness (QED) is 0.876. The molecule has 1 heterocycles. The first-order valence-corrected chi connectivity index (χ1v) is 5.80. The van der Waals surface area contributed by atoms with Crippen molar-refractivity contribution in [2.75, 3.05) is 11.4 Å². The molecular weight excluding hydrogens is 233 g/mol. The summed E-state index contributed by atoms with van der Waals surface area (Å²) in [4.78, 5) is 12.7. The van der Waals surface area contributed by atoms with Crippen LogP contribution >= 0.6 is 0 Å². The largest absolute Gasteiger partial charge is 0.480 e. The normalized spacial score (nSPS) is 17.1. The van der Waals surface area contributed by atoms with E-state index < -0.39 is 11.5 Å². The third kappa shape index (κ3) is 2.10. The van der Waals surface area contributed by atoms with Crippen LogP contribution < -0.4 is 4.90 Å². The minimum absolute atomic E-state index is 0.146. The summed E-state index contributed by atoms with van der Waals surface area (Å²) in [6.45, 7) is 5.66. The van der Waals surface area contributed by atoms with E-state index in [0.717, 1.165) is 11.1 Å². The van der Waals surface area contributed by atoms with Gasteiger partial charge in [0.15, 0.2) is 0 Å². The van der Waals surface area contributed by atoms with Crippen molar-refractivity contribution in [3.8, 4) is 0 Å². The lowest BCUT2D eigenvalue weighted by Gasteiger charge is -2.42. The van der Waals surface area contributed by atoms with Crippen molar-refractivity contribution < 1.29 is 14.3 Å². The molecule has 1 N–H and O–H groups in total. The van der Waals surface area contributed by atoms with Gasteiger partial charge in [0, 0.05) is 11.3 Å². The molecule has 0 radical (unpaired) electrons. The van der Waals surface area contributed by atoms with E-state index >= 15 is 0 Å². The first kappa shape index (κ1) is 12.6. The van der Waals surface area contributed by atoms with Crippen LogP contribution in [0.1, 0.15) is 26.3 Å². The number of nitrogens with zero attached hydrogens (tertiary/aromatic N) is 1. The standard InChI is InChI=1S/C14H16FNO2/c1-9-7-14(2,3)16(8-13(17)18)12-6-10(15)4-5-11(9)12/h4-7H,8H2,1-3H3,(H,17,18). The van der Waals surface area contributed by atoms with Gasteiger partial charge in [-0.05, 0) is 44.5 Å². The molecule has 1 aliphatic heterocycles. The highest BCUT2D eigenvalue weighted by Gasteiger charge is 2.32. The van der Waals surface area contributed by atoms with Crippen LogP contribution in [0.2, 0.25) is 0 Å². The first-order valence-electron chi connectivity index (χ1n) is 5.80. The number of allylic oxidation sites excluding steroid dienone is 1. The van der Waals surface area contributed by atoms with Crippen molar-refractivity contribution in [1.82, 2.24) is 0 Å². The number of halogens is 1. The Kier molecular flexibility index (Phi) is 2.89. The second kappa shape index (κ2) is 4.12. The smallest absolute Gasteiger partial charge is 0.323 e. The Labute approximate surface area is 106 Å². The fourth-order valence-electron chi connectivity index (χ4n) is 2.48. The van der Waals surface area contributed by atoms with Crippen LogP contribution in [0.4, 0.5) is 10.1 Å². The van der Waals surface area contributed by atoms with E-state index in [0.29, 0.717) is 5.69 Å². The van der Waals surface area contributed by atoms with E-state index in [2.05, 4.69) is 0 Å². The minimum atomic E-state index is -0.925. The SMILES string of the molecule is CC1=CC(C)(C)N(CC(=O)O)c2cc(F)ccc21. The number of carboxylic acids is 1. The molecule has 0 aliphatic carbocycles. The van der Waals surface area contributed by atoms with Crippen LogP contribution in [0.3, 0.4) is 0 Å². The van der Waals surface area contributed by atoms with Gasteiger partial charge in [-0.25, -0.2) is 4.39 Å².